The van der Waals surface area contributed by atoms with Crippen molar-refractivity contribution in [3.63, 3.8) is 0 Å². The highest BCUT2D eigenvalue weighted by molar-refractivity contribution is 6.31. The summed E-state index contributed by atoms with van der Waals surface area (Å²) in [6.45, 7) is 3.57. The van der Waals surface area contributed by atoms with E-state index in [2.05, 4.69) is 36.5 Å². The normalized spacial score (nSPS) is 10.6. The molecule has 2 aromatic rings. The van der Waals surface area contributed by atoms with Gasteiger partial charge in [-0.05, 0) is 35.2 Å². The van der Waals surface area contributed by atoms with Crippen molar-refractivity contribution in [1.82, 2.24) is 5.32 Å². The predicted octanol–water partition coefficient (Wildman–Crippen LogP) is 3.29. The fourth-order valence-corrected chi connectivity index (χ4v) is 2.33. The lowest BCUT2D eigenvalue weighted by molar-refractivity contribution is 0.100. The Kier molecular flexibility index (Phi) is 5.37. The van der Waals surface area contributed by atoms with E-state index < -0.39 is 5.91 Å². The Morgan fingerprint density at radius 2 is 1.76 bits per heavy atom. The van der Waals surface area contributed by atoms with Gasteiger partial charge in [0, 0.05) is 23.7 Å². The molecule has 0 aliphatic heterocycles. The third-order valence-corrected chi connectivity index (χ3v) is 3.77. The van der Waals surface area contributed by atoms with Crippen LogP contribution in [0.2, 0.25) is 5.02 Å². The lowest BCUT2D eigenvalue weighted by atomic mass is 10.1. The van der Waals surface area contributed by atoms with Gasteiger partial charge in [-0.25, -0.2) is 0 Å². The number of nitrogens with one attached hydrogen (secondary N) is 1. The Bertz CT molecular complexity index is 623. The van der Waals surface area contributed by atoms with Crippen molar-refractivity contribution in [2.45, 2.75) is 26.4 Å². The van der Waals surface area contributed by atoms with Crippen molar-refractivity contribution in [3.05, 3.63) is 69.7 Å². The van der Waals surface area contributed by atoms with E-state index >= 15 is 0 Å². The molecule has 0 saturated carbocycles. The summed E-state index contributed by atoms with van der Waals surface area (Å²) in [5, 5.41) is 3.90. The highest BCUT2D eigenvalue weighted by atomic mass is 35.5. The quantitative estimate of drug-likeness (QED) is 0.860. The van der Waals surface area contributed by atoms with Crippen LogP contribution in [-0.2, 0) is 19.5 Å². The first-order chi connectivity index (χ1) is 10.1. The molecule has 21 heavy (non-hydrogen) atoms. The van der Waals surface area contributed by atoms with Crippen LogP contribution in [0, 0.1) is 0 Å². The average molecular weight is 303 g/mol. The summed E-state index contributed by atoms with van der Waals surface area (Å²) in [4.78, 5) is 11.1. The number of benzene rings is 2. The number of hydrogen-bond acceptors (Lipinski definition) is 2. The van der Waals surface area contributed by atoms with Crippen molar-refractivity contribution >= 4 is 17.5 Å². The van der Waals surface area contributed by atoms with Gasteiger partial charge >= 0.3 is 0 Å². The monoisotopic (exact) mass is 302 g/mol. The summed E-state index contributed by atoms with van der Waals surface area (Å²) in [7, 11) is 0. The minimum atomic E-state index is -0.465. The van der Waals surface area contributed by atoms with Gasteiger partial charge in [-0.3, -0.25) is 4.79 Å². The van der Waals surface area contributed by atoms with Crippen molar-refractivity contribution in [1.29, 1.82) is 0 Å². The summed E-state index contributed by atoms with van der Waals surface area (Å²) in [5.74, 6) is -0.465. The topological polar surface area (TPSA) is 55.1 Å². The largest absolute Gasteiger partial charge is 0.366 e. The molecule has 0 aromatic heterocycles. The maximum Gasteiger partial charge on any atom is 0.248 e. The summed E-state index contributed by atoms with van der Waals surface area (Å²) in [6, 6.07) is 13.7. The van der Waals surface area contributed by atoms with Gasteiger partial charge in [0.05, 0.1) is 0 Å². The second-order valence-corrected chi connectivity index (χ2v) is 5.35. The lowest BCUT2D eigenvalue weighted by Gasteiger charge is -2.08. The molecule has 3 nitrogen and oxygen atoms in total. The molecule has 0 bridgehead atoms. The zero-order chi connectivity index (χ0) is 15.2. The summed E-state index contributed by atoms with van der Waals surface area (Å²) >= 11 is 6.15. The Balaban J connectivity index is 1.92. The Labute approximate surface area is 130 Å². The molecular formula is C17H19ClN2O. The molecule has 0 unspecified atom stereocenters. The number of halogens is 1. The van der Waals surface area contributed by atoms with E-state index in [0.29, 0.717) is 17.1 Å². The minimum absolute atomic E-state index is 0.430. The lowest BCUT2D eigenvalue weighted by Crippen LogP contribution is -2.14. The van der Waals surface area contributed by atoms with Gasteiger partial charge in [0.2, 0.25) is 5.91 Å². The van der Waals surface area contributed by atoms with E-state index in [-0.39, 0.29) is 0 Å². The van der Waals surface area contributed by atoms with Crippen LogP contribution in [-0.4, -0.2) is 5.91 Å². The maximum absolute atomic E-state index is 11.1. The second-order valence-electron chi connectivity index (χ2n) is 4.94. The summed E-state index contributed by atoms with van der Waals surface area (Å²) < 4.78 is 0. The smallest absolute Gasteiger partial charge is 0.248 e. The van der Waals surface area contributed by atoms with Crippen LogP contribution in [0.5, 0.6) is 0 Å². The van der Waals surface area contributed by atoms with Gasteiger partial charge in [0.15, 0.2) is 0 Å². The highest BCUT2D eigenvalue weighted by Crippen LogP contribution is 2.17. The van der Waals surface area contributed by atoms with Gasteiger partial charge in [0.25, 0.3) is 0 Å². The molecule has 0 fully saturated rings. The number of carbonyl (C=O) groups excluding carboxylic acids is 1. The van der Waals surface area contributed by atoms with Gasteiger partial charge < -0.3 is 11.1 Å². The van der Waals surface area contributed by atoms with Crippen LogP contribution >= 0.6 is 11.6 Å². The zero-order valence-electron chi connectivity index (χ0n) is 12.0. The molecule has 3 N–H and O–H groups in total. The number of rotatable bonds is 6. The SMILES string of the molecule is CCc1ccc(CNCc2ccc(C(N)=O)cc2Cl)cc1. The number of hydrogen-bond donors (Lipinski definition) is 2. The van der Waals surface area contributed by atoms with Crippen molar-refractivity contribution in [2.75, 3.05) is 0 Å². The molecule has 4 heteroatoms. The van der Waals surface area contributed by atoms with Crippen LogP contribution in [0.1, 0.15) is 34.0 Å². The van der Waals surface area contributed by atoms with Crippen molar-refractivity contribution in [2.24, 2.45) is 5.73 Å². The molecule has 110 valence electrons. The minimum Gasteiger partial charge on any atom is -0.366 e. The van der Waals surface area contributed by atoms with E-state index in [9.17, 15) is 4.79 Å². The van der Waals surface area contributed by atoms with E-state index in [0.717, 1.165) is 18.5 Å². The molecule has 0 atom stereocenters. The number of amides is 1. The predicted molar refractivity (Wildman–Crippen MR) is 86.3 cm³/mol. The van der Waals surface area contributed by atoms with Crippen LogP contribution in [0.15, 0.2) is 42.5 Å². The number of primary amides is 1. The van der Waals surface area contributed by atoms with Gasteiger partial charge in [-0.2, -0.15) is 0 Å². The third-order valence-electron chi connectivity index (χ3n) is 3.41. The first-order valence-electron chi connectivity index (χ1n) is 6.97. The van der Waals surface area contributed by atoms with E-state index in [1.807, 2.05) is 6.07 Å². The standard InChI is InChI=1S/C17H19ClN2O/c1-2-12-3-5-13(6-4-12)10-20-11-15-8-7-14(17(19)21)9-16(15)18/h3-9,20H,2,10-11H2,1H3,(H2,19,21). The molecule has 2 rings (SSSR count). The average Bonchev–Trinajstić information content (AvgIpc) is 2.49. The first-order valence-corrected chi connectivity index (χ1v) is 7.34. The first kappa shape index (κ1) is 15.5. The Morgan fingerprint density at radius 3 is 2.33 bits per heavy atom. The highest BCUT2D eigenvalue weighted by Gasteiger charge is 2.05. The van der Waals surface area contributed by atoms with Gasteiger partial charge in [-0.1, -0.05) is 48.9 Å². The van der Waals surface area contributed by atoms with Gasteiger partial charge in [0.1, 0.15) is 0 Å². The molecule has 0 aliphatic carbocycles. The molecule has 0 aliphatic rings. The van der Waals surface area contributed by atoms with E-state index in [1.165, 1.54) is 11.1 Å². The maximum atomic E-state index is 11.1. The second kappa shape index (κ2) is 7.25. The van der Waals surface area contributed by atoms with E-state index in [1.54, 1.807) is 12.1 Å². The Morgan fingerprint density at radius 1 is 1.10 bits per heavy atom. The van der Waals surface area contributed by atoms with Crippen LogP contribution in [0.3, 0.4) is 0 Å². The summed E-state index contributed by atoms with van der Waals surface area (Å²) in [5.41, 5.74) is 9.17. The fourth-order valence-electron chi connectivity index (χ4n) is 2.08. The molecular weight excluding hydrogens is 284 g/mol. The van der Waals surface area contributed by atoms with Gasteiger partial charge in [-0.15, -0.1) is 0 Å². The van der Waals surface area contributed by atoms with Crippen LogP contribution < -0.4 is 11.1 Å². The fraction of sp³-hybridized carbons (Fsp3) is 0.235. The van der Waals surface area contributed by atoms with Crippen molar-refractivity contribution < 1.29 is 4.79 Å². The Hall–Kier alpha value is -1.84. The third kappa shape index (κ3) is 4.31. The van der Waals surface area contributed by atoms with Crippen LogP contribution in [0.4, 0.5) is 0 Å². The number of nitrogens with two attached hydrogens (primary N) is 1. The van der Waals surface area contributed by atoms with E-state index in [4.69, 9.17) is 17.3 Å². The molecule has 1 amide bonds. The number of carbonyl (C=O) groups is 1. The number of aryl methyl sites for hydroxylation is 1. The molecule has 2 aromatic carbocycles. The summed E-state index contributed by atoms with van der Waals surface area (Å²) in [6.07, 6.45) is 1.05. The van der Waals surface area contributed by atoms with Crippen LogP contribution in [0.25, 0.3) is 0 Å². The van der Waals surface area contributed by atoms with Crippen molar-refractivity contribution in [3.8, 4) is 0 Å². The molecule has 0 spiro atoms. The molecule has 0 heterocycles. The zero-order valence-corrected chi connectivity index (χ0v) is 12.8. The molecule has 0 saturated heterocycles. The molecule has 0 radical (unpaired) electrons.